The molecule has 1 N–H and O–H groups in total. The second-order valence-corrected chi connectivity index (χ2v) is 8.72. The van der Waals surface area contributed by atoms with Crippen molar-refractivity contribution >= 4 is 15.7 Å². The van der Waals surface area contributed by atoms with E-state index in [0.717, 1.165) is 30.6 Å². The molecule has 1 aliphatic heterocycles. The van der Waals surface area contributed by atoms with Crippen LogP contribution in [-0.4, -0.2) is 32.7 Å². The first-order valence-corrected chi connectivity index (χ1v) is 10.8. The molecule has 1 saturated heterocycles. The first-order chi connectivity index (χ1) is 13.5. The third-order valence-corrected chi connectivity index (χ3v) is 6.36. The highest BCUT2D eigenvalue weighted by molar-refractivity contribution is 7.91. The standard InChI is InChI=1S/C21H22N2O4S/c1-15-7-5-8-16(13-15)19-23-21(28(24,25)18-10-3-2-4-11-18)20(27-19)22-14-17-9-6-12-26-17/h2-5,7-8,10-11,13,17,22H,6,9,12,14H2,1H3/t17-/m1/s1. The summed E-state index contributed by atoms with van der Waals surface area (Å²) in [7, 11) is -3.82. The van der Waals surface area contributed by atoms with Crippen molar-refractivity contribution in [3.63, 3.8) is 0 Å². The summed E-state index contributed by atoms with van der Waals surface area (Å²) in [5.74, 6) is 0.420. The normalized spacial score (nSPS) is 17.0. The van der Waals surface area contributed by atoms with Gasteiger partial charge in [-0.2, -0.15) is 4.98 Å². The Labute approximate surface area is 164 Å². The molecule has 28 heavy (non-hydrogen) atoms. The predicted octanol–water partition coefficient (Wildman–Crippen LogP) is 4.07. The molecular weight excluding hydrogens is 376 g/mol. The van der Waals surface area contributed by atoms with E-state index in [4.69, 9.17) is 9.15 Å². The lowest BCUT2D eigenvalue weighted by Gasteiger charge is -2.10. The lowest BCUT2D eigenvalue weighted by molar-refractivity contribution is 0.120. The van der Waals surface area contributed by atoms with Gasteiger partial charge in [-0.1, -0.05) is 35.9 Å². The van der Waals surface area contributed by atoms with E-state index in [1.165, 1.54) is 0 Å². The Morgan fingerprint density at radius 3 is 2.68 bits per heavy atom. The molecule has 4 rings (SSSR count). The van der Waals surface area contributed by atoms with E-state index in [2.05, 4.69) is 10.3 Å². The molecule has 6 nitrogen and oxygen atoms in total. The molecule has 0 amide bonds. The largest absolute Gasteiger partial charge is 0.419 e. The van der Waals surface area contributed by atoms with Gasteiger partial charge in [0.2, 0.25) is 26.6 Å². The number of oxazole rings is 1. The maximum Gasteiger partial charge on any atom is 0.233 e. The Kier molecular flexibility index (Phi) is 5.19. The molecule has 146 valence electrons. The molecule has 0 radical (unpaired) electrons. The fourth-order valence-electron chi connectivity index (χ4n) is 3.22. The van der Waals surface area contributed by atoms with Gasteiger partial charge < -0.3 is 14.5 Å². The number of nitrogens with one attached hydrogen (secondary N) is 1. The van der Waals surface area contributed by atoms with Crippen molar-refractivity contribution in [1.29, 1.82) is 0 Å². The molecule has 2 heterocycles. The second kappa shape index (κ2) is 7.77. The summed E-state index contributed by atoms with van der Waals surface area (Å²) in [5, 5.41) is 3.00. The highest BCUT2D eigenvalue weighted by Crippen LogP contribution is 2.32. The molecule has 0 spiro atoms. The van der Waals surface area contributed by atoms with Crippen LogP contribution in [0.1, 0.15) is 18.4 Å². The Balaban J connectivity index is 1.74. The third kappa shape index (κ3) is 3.81. The average Bonchev–Trinajstić information content (AvgIpc) is 3.37. The summed E-state index contributed by atoms with van der Waals surface area (Å²) >= 11 is 0. The van der Waals surface area contributed by atoms with Crippen molar-refractivity contribution < 1.29 is 17.6 Å². The van der Waals surface area contributed by atoms with Crippen LogP contribution < -0.4 is 5.32 Å². The van der Waals surface area contributed by atoms with Gasteiger partial charge in [-0.05, 0) is 44.0 Å². The van der Waals surface area contributed by atoms with Gasteiger partial charge in [0.05, 0.1) is 11.0 Å². The van der Waals surface area contributed by atoms with Crippen molar-refractivity contribution in [2.75, 3.05) is 18.5 Å². The van der Waals surface area contributed by atoms with Gasteiger partial charge in [-0.15, -0.1) is 0 Å². The number of hydrogen-bond donors (Lipinski definition) is 1. The molecule has 0 aliphatic carbocycles. The summed E-state index contributed by atoms with van der Waals surface area (Å²) in [5.41, 5.74) is 1.77. The van der Waals surface area contributed by atoms with Crippen LogP contribution in [0, 0.1) is 6.92 Å². The highest BCUT2D eigenvalue weighted by atomic mass is 32.2. The Morgan fingerprint density at radius 1 is 1.14 bits per heavy atom. The Hall–Kier alpha value is -2.64. The minimum atomic E-state index is -3.82. The Bertz CT molecular complexity index is 1060. The topological polar surface area (TPSA) is 81.4 Å². The fourth-order valence-corrected chi connectivity index (χ4v) is 4.52. The Morgan fingerprint density at radius 2 is 1.96 bits per heavy atom. The van der Waals surface area contributed by atoms with Gasteiger partial charge in [0.25, 0.3) is 0 Å². The summed E-state index contributed by atoms with van der Waals surface area (Å²) in [6, 6.07) is 15.9. The lowest BCUT2D eigenvalue weighted by Crippen LogP contribution is -2.19. The van der Waals surface area contributed by atoms with Gasteiger partial charge in [0.1, 0.15) is 0 Å². The van der Waals surface area contributed by atoms with Crippen molar-refractivity contribution in [3.8, 4) is 11.5 Å². The smallest absolute Gasteiger partial charge is 0.233 e. The van der Waals surface area contributed by atoms with Crippen LogP contribution in [0.4, 0.5) is 5.88 Å². The van der Waals surface area contributed by atoms with Crippen LogP contribution in [0.3, 0.4) is 0 Å². The van der Waals surface area contributed by atoms with Crippen LogP contribution >= 0.6 is 0 Å². The monoisotopic (exact) mass is 398 g/mol. The molecule has 0 unspecified atom stereocenters. The van der Waals surface area contributed by atoms with Gasteiger partial charge in [0, 0.05) is 18.7 Å². The summed E-state index contributed by atoms with van der Waals surface area (Å²) < 4.78 is 37.8. The first kappa shape index (κ1) is 18.7. The maximum atomic E-state index is 13.2. The number of ether oxygens (including phenoxy) is 1. The van der Waals surface area contributed by atoms with Crippen molar-refractivity contribution in [1.82, 2.24) is 4.98 Å². The molecule has 0 bridgehead atoms. The average molecular weight is 398 g/mol. The van der Waals surface area contributed by atoms with E-state index in [0.29, 0.717) is 6.54 Å². The van der Waals surface area contributed by atoms with Crippen LogP contribution in [-0.2, 0) is 14.6 Å². The number of anilines is 1. The van der Waals surface area contributed by atoms with Gasteiger partial charge in [0.15, 0.2) is 0 Å². The third-order valence-electron chi connectivity index (χ3n) is 4.68. The summed E-state index contributed by atoms with van der Waals surface area (Å²) in [6.07, 6.45) is 1.99. The zero-order valence-corrected chi connectivity index (χ0v) is 16.4. The van der Waals surface area contributed by atoms with Crippen LogP contribution in [0.5, 0.6) is 0 Å². The van der Waals surface area contributed by atoms with E-state index >= 15 is 0 Å². The highest BCUT2D eigenvalue weighted by Gasteiger charge is 2.29. The van der Waals surface area contributed by atoms with E-state index in [-0.39, 0.29) is 27.8 Å². The summed E-state index contributed by atoms with van der Waals surface area (Å²) in [4.78, 5) is 4.54. The maximum absolute atomic E-state index is 13.2. The molecule has 0 saturated carbocycles. The van der Waals surface area contributed by atoms with Gasteiger partial charge >= 0.3 is 0 Å². The number of benzene rings is 2. The summed E-state index contributed by atoms with van der Waals surface area (Å²) in [6.45, 7) is 3.16. The molecule has 1 fully saturated rings. The number of hydrogen-bond acceptors (Lipinski definition) is 6. The second-order valence-electron chi connectivity index (χ2n) is 6.86. The van der Waals surface area contributed by atoms with E-state index in [1.54, 1.807) is 30.3 Å². The van der Waals surface area contributed by atoms with Crippen LogP contribution in [0.25, 0.3) is 11.5 Å². The molecule has 1 atom stereocenters. The van der Waals surface area contributed by atoms with Crippen LogP contribution in [0.2, 0.25) is 0 Å². The SMILES string of the molecule is Cc1cccc(-c2nc(S(=O)(=O)c3ccccc3)c(NC[C@H]3CCCO3)o2)c1. The molecule has 2 aromatic carbocycles. The molecule has 1 aliphatic rings. The fraction of sp³-hybridized carbons (Fsp3) is 0.286. The van der Waals surface area contributed by atoms with Crippen LogP contribution in [0.15, 0.2) is 68.9 Å². The zero-order chi connectivity index (χ0) is 19.6. The minimum Gasteiger partial charge on any atom is -0.419 e. The number of aromatic nitrogens is 1. The number of sulfone groups is 1. The van der Waals surface area contributed by atoms with E-state index in [1.807, 2.05) is 31.2 Å². The predicted molar refractivity (Wildman–Crippen MR) is 106 cm³/mol. The molecular formula is C21H22N2O4S. The van der Waals surface area contributed by atoms with Gasteiger partial charge in [-0.3, -0.25) is 0 Å². The first-order valence-electron chi connectivity index (χ1n) is 9.27. The molecule has 3 aromatic rings. The van der Waals surface area contributed by atoms with E-state index in [9.17, 15) is 8.42 Å². The van der Waals surface area contributed by atoms with Gasteiger partial charge in [-0.25, -0.2) is 8.42 Å². The number of aryl methyl sites for hydroxylation is 1. The zero-order valence-electron chi connectivity index (χ0n) is 15.6. The van der Waals surface area contributed by atoms with Crippen molar-refractivity contribution in [2.45, 2.75) is 35.8 Å². The minimum absolute atomic E-state index is 0.0415. The lowest BCUT2D eigenvalue weighted by atomic mass is 10.1. The molecule has 7 heteroatoms. The van der Waals surface area contributed by atoms with Crippen molar-refractivity contribution in [3.05, 3.63) is 60.2 Å². The number of nitrogens with zero attached hydrogens (tertiary/aromatic N) is 1. The van der Waals surface area contributed by atoms with E-state index < -0.39 is 9.84 Å². The number of rotatable bonds is 6. The van der Waals surface area contributed by atoms with Crippen molar-refractivity contribution in [2.24, 2.45) is 0 Å². The molecule has 1 aromatic heterocycles. The quantitative estimate of drug-likeness (QED) is 0.674.